The highest BCUT2D eigenvalue weighted by Crippen LogP contribution is 2.31. The number of halogens is 1. The molecule has 0 spiro atoms. The van der Waals surface area contributed by atoms with Crippen LogP contribution in [-0.4, -0.2) is 86.3 Å². The molecule has 1 aliphatic rings. The average molecular weight is 634 g/mol. The first-order chi connectivity index (χ1) is 20.0. The van der Waals surface area contributed by atoms with E-state index in [4.69, 9.17) is 28.4 Å². The molecule has 2 amide bonds. The third-order valence-electron chi connectivity index (χ3n) is 5.67. The molecule has 43 heavy (non-hydrogen) atoms. The molecule has 1 saturated heterocycles. The summed E-state index contributed by atoms with van der Waals surface area (Å²) >= 11 is 1.40. The predicted octanol–water partition coefficient (Wildman–Crippen LogP) is 5.09. The van der Waals surface area contributed by atoms with Crippen LogP contribution >= 0.6 is 11.8 Å². The molecular weight excluding hydrogens is 585 g/mol. The van der Waals surface area contributed by atoms with Crippen LogP contribution in [0.4, 0.5) is 19.8 Å². The van der Waals surface area contributed by atoms with Gasteiger partial charge < -0.3 is 28.4 Å². The van der Waals surface area contributed by atoms with Crippen molar-refractivity contribution in [1.29, 1.82) is 0 Å². The number of nitrogens with zero attached hydrogens (tertiary/aromatic N) is 3. The van der Waals surface area contributed by atoms with E-state index < -0.39 is 35.7 Å². The third kappa shape index (κ3) is 13.1. The largest absolute Gasteiger partial charge is 0.448 e. The Kier molecular flexibility index (Phi) is 14.4. The number of carbonyl (C=O) groups is 2. The van der Waals surface area contributed by atoms with Crippen LogP contribution in [0, 0.1) is 28.5 Å². The van der Waals surface area contributed by atoms with Crippen molar-refractivity contribution in [2.24, 2.45) is 22.7 Å². The van der Waals surface area contributed by atoms with Crippen molar-refractivity contribution in [1.82, 2.24) is 9.55 Å². The zero-order chi connectivity index (χ0) is 32.4. The van der Waals surface area contributed by atoms with Gasteiger partial charge in [0.1, 0.15) is 11.7 Å². The van der Waals surface area contributed by atoms with Gasteiger partial charge in [0.15, 0.2) is 11.6 Å². The number of carbonyl (C=O) groups excluding carboxylic acids is 2. The molecule has 2 heterocycles. The van der Waals surface area contributed by atoms with Crippen molar-refractivity contribution in [2.45, 2.75) is 67.1 Å². The van der Waals surface area contributed by atoms with Crippen LogP contribution in [0.3, 0.4) is 0 Å². The Bertz CT molecular complexity index is 1060. The fraction of sp³-hybridized carbons (Fsp3) is 0.793. The zero-order valence-corrected chi connectivity index (χ0v) is 27.7. The SMILES string of the molecule is COC[C@@H]1O[C@H](n2cc(F)c(N(C(=O)OCC(C)COCC(C)(C)C)C(=O)OCC(C)COCC(C)(C)C)nc2=O)CS1. The van der Waals surface area contributed by atoms with E-state index in [1.807, 2.05) is 41.5 Å². The first-order valence-corrected chi connectivity index (χ1v) is 15.4. The lowest BCUT2D eigenvalue weighted by Crippen LogP contribution is -2.42. The smallest absolute Gasteiger partial charge is 0.425 e. The van der Waals surface area contributed by atoms with Crippen LogP contribution in [0.1, 0.15) is 61.6 Å². The molecule has 4 atom stereocenters. The van der Waals surface area contributed by atoms with Crippen molar-refractivity contribution in [3.05, 3.63) is 22.5 Å². The van der Waals surface area contributed by atoms with Gasteiger partial charge in [0.2, 0.25) is 0 Å². The molecule has 12 nitrogen and oxygen atoms in total. The maximum Gasteiger partial charge on any atom is 0.425 e. The number of anilines is 1. The van der Waals surface area contributed by atoms with Crippen LogP contribution in [0.25, 0.3) is 0 Å². The molecule has 14 heteroatoms. The highest BCUT2D eigenvalue weighted by Gasteiger charge is 2.34. The quantitative estimate of drug-likeness (QED) is 0.272. The standard InChI is InChI=1S/C29H48FN3O9S/c1-19(11-38-17-28(3,4)5)13-40-26(35)33(27(36)41-14-20(2)12-39-18-29(6,7)8)24-21(30)10-32(25(34)31-24)22-16-43-23(42-22)15-37-9/h10,19-20,22-23H,11-18H2,1-9H3/t19?,20?,22-,23+/m0/s1. The maximum atomic E-state index is 15.4. The molecule has 0 N–H and O–H groups in total. The first-order valence-electron chi connectivity index (χ1n) is 14.3. The van der Waals surface area contributed by atoms with Crippen molar-refractivity contribution >= 4 is 29.8 Å². The Morgan fingerprint density at radius 1 is 1.02 bits per heavy atom. The monoisotopic (exact) mass is 633 g/mol. The van der Waals surface area contributed by atoms with E-state index in [0.29, 0.717) is 37.1 Å². The number of ether oxygens (including phenoxy) is 6. The van der Waals surface area contributed by atoms with Gasteiger partial charge >= 0.3 is 17.9 Å². The predicted molar refractivity (Wildman–Crippen MR) is 161 cm³/mol. The minimum Gasteiger partial charge on any atom is -0.448 e. The van der Waals surface area contributed by atoms with E-state index >= 15 is 4.39 Å². The summed E-state index contributed by atoms with van der Waals surface area (Å²) in [5, 5.41) is 0. The zero-order valence-electron chi connectivity index (χ0n) is 26.8. The molecule has 0 aromatic carbocycles. The molecule has 246 valence electrons. The number of thioether (sulfide) groups is 1. The van der Waals surface area contributed by atoms with Crippen LogP contribution in [0.5, 0.6) is 0 Å². The minimum atomic E-state index is -1.24. The second-order valence-corrected chi connectivity index (χ2v) is 14.5. The van der Waals surface area contributed by atoms with Crippen LogP contribution in [-0.2, 0) is 28.4 Å². The van der Waals surface area contributed by atoms with E-state index in [2.05, 4.69) is 4.98 Å². The Morgan fingerprint density at radius 3 is 2.00 bits per heavy atom. The average Bonchev–Trinajstić information content (AvgIpc) is 3.35. The molecule has 1 aliphatic heterocycles. The lowest BCUT2D eigenvalue weighted by Gasteiger charge is -2.23. The van der Waals surface area contributed by atoms with E-state index in [1.165, 1.54) is 18.9 Å². The van der Waals surface area contributed by atoms with Crippen molar-refractivity contribution < 1.29 is 42.4 Å². The number of hydrogen-bond donors (Lipinski definition) is 0. The Balaban J connectivity index is 2.19. The summed E-state index contributed by atoms with van der Waals surface area (Å²) in [6.07, 6.45) is -2.42. The molecule has 1 aromatic heterocycles. The number of amides is 2. The normalized spacial score (nSPS) is 18.7. The highest BCUT2D eigenvalue weighted by molar-refractivity contribution is 8.00. The molecular formula is C29H48FN3O9S. The number of imide groups is 1. The summed E-state index contributed by atoms with van der Waals surface area (Å²) in [4.78, 5) is 43.2. The van der Waals surface area contributed by atoms with Gasteiger partial charge in [-0.15, -0.1) is 11.8 Å². The minimum absolute atomic E-state index is 0.0395. The Morgan fingerprint density at radius 2 is 1.53 bits per heavy atom. The van der Waals surface area contributed by atoms with Crippen LogP contribution in [0.2, 0.25) is 0 Å². The first kappa shape index (κ1) is 36.9. The summed E-state index contributed by atoms with van der Waals surface area (Å²) in [5.41, 5.74) is -1.34. The van der Waals surface area contributed by atoms with Crippen LogP contribution < -0.4 is 10.6 Å². The van der Waals surface area contributed by atoms with Gasteiger partial charge in [-0.05, 0) is 10.8 Å². The van der Waals surface area contributed by atoms with Gasteiger partial charge in [-0.2, -0.15) is 9.88 Å². The van der Waals surface area contributed by atoms with Crippen molar-refractivity contribution in [3.8, 4) is 0 Å². The van der Waals surface area contributed by atoms with E-state index in [0.717, 1.165) is 10.8 Å². The van der Waals surface area contributed by atoms with Gasteiger partial charge in [0, 0.05) is 24.7 Å². The fourth-order valence-electron chi connectivity index (χ4n) is 3.65. The summed E-state index contributed by atoms with van der Waals surface area (Å²) in [7, 11) is 1.52. The molecule has 0 aliphatic carbocycles. The molecule has 1 aromatic rings. The lowest BCUT2D eigenvalue weighted by molar-refractivity contribution is -0.0156. The van der Waals surface area contributed by atoms with E-state index in [-0.39, 0.29) is 47.9 Å². The van der Waals surface area contributed by atoms with Gasteiger partial charge in [0.25, 0.3) is 0 Å². The molecule has 2 unspecified atom stereocenters. The molecule has 0 bridgehead atoms. The number of rotatable bonds is 14. The van der Waals surface area contributed by atoms with E-state index in [9.17, 15) is 14.4 Å². The molecule has 0 radical (unpaired) electrons. The van der Waals surface area contributed by atoms with Gasteiger partial charge in [-0.25, -0.2) is 18.8 Å². The summed E-state index contributed by atoms with van der Waals surface area (Å²) < 4.78 is 49.2. The van der Waals surface area contributed by atoms with Gasteiger partial charge in [-0.1, -0.05) is 55.4 Å². The van der Waals surface area contributed by atoms with Crippen molar-refractivity contribution in [3.63, 3.8) is 0 Å². The number of hydrogen-bond acceptors (Lipinski definition) is 11. The number of aromatic nitrogens is 2. The summed E-state index contributed by atoms with van der Waals surface area (Å²) in [6.45, 7) is 17.4. The molecule has 1 fully saturated rings. The second-order valence-electron chi connectivity index (χ2n) is 13.3. The Hall–Kier alpha value is -2.26. The van der Waals surface area contributed by atoms with Crippen molar-refractivity contribution in [2.75, 3.05) is 64.0 Å². The van der Waals surface area contributed by atoms with E-state index in [1.54, 1.807) is 13.8 Å². The molecule has 0 saturated carbocycles. The highest BCUT2D eigenvalue weighted by atomic mass is 32.2. The third-order valence-corrected chi connectivity index (χ3v) is 6.77. The lowest BCUT2D eigenvalue weighted by atomic mass is 9.99. The van der Waals surface area contributed by atoms with Gasteiger partial charge in [0.05, 0.1) is 52.4 Å². The number of methoxy groups -OCH3 is 1. The topological polar surface area (TPSA) is 128 Å². The van der Waals surface area contributed by atoms with Gasteiger partial charge in [-0.3, -0.25) is 4.57 Å². The summed E-state index contributed by atoms with van der Waals surface area (Å²) in [5.74, 6) is -2.05. The molecule has 2 rings (SSSR count). The Labute approximate surface area is 257 Å². The van der Waals surface area contributed by atoms with Crippen LogP contribution in [0.15, 0.2) is 11.0 Å². The maximum absolute atomic E-state index is 15.4. The second kappa shape index (κ2) is 16.7. The summed E-state index contributed by atoms with van der Waals surface area (Å²) in [6, 6.07) is 0. The fourth-order valence-corrected chi connectivity index (χ4v) is 4.70.